The van der Waals surface area contributed by atoms with Gasteiger partial charge in [0.05, 0.1) is 18.3 Å². The molecule has 1 unspecified atom stereocenters. The highest BCUT2D eigenvalue weighted by Crippen LogP contribution is 2.12. The summed E-state index contributed by atoms with van der Waals surface area (Å²) in [4.78, 5) is 11.9. The summed E-state index contributed by atoms with van der Waals surface area (Å²) < 4.78 is 1.76. The highest BCUT2D eigenvalue weighted by molar-refractivity contribution is 5.88. The van der Waals surface area contributed by atoms with E-state index in [4.69, 9.17) is 0 Å². The number of benzene rings is 1. The number of carbonyl (C=O) groups excluding carboxylic acids is 1. The maximum absolute atomic E-state index is 11.9. The fourth-order valence-electron chi connectivity index (χ4n) is 2.08. The van der Waals surface area contributed by atoms with Crippen molar-refractivity contribution in [2.24, 2.45) is 0 Å². The third-order valence-electron chi connectivity index (χ3n) is 3.17. The first kappa shape index (κ1) is 16.0. The largest absolute Gasteiger partial charge is 0.393 e. The van der Waals surface area contributed by atoms with Gasteiger partial charge in [-0.05, 0) is 25.8 Å². The zero-order chi connectivity index (χ0) is 15.9. The molecule has 0 saturated carbocycles. The minimum Gasteiger partial charge on any atom is -0.393 e. The summed E-state index contributed by atoms with van der Waals surface area (Å²) in [6, 6.07) is 11.5. The zero-order valence-electron chi connectivity index (χ0n) is 12.9. The van der Waals surface area contributed by atoms with E-state index in [1.807, 2.05) is 43.3 Å². The minimum atomic E-state index is -0.425. The topological polar surface area (TPSA) is 79.2 Å². The number of aliphatic hydroxyl groups is 1. The molecule has 0 aliphatic rings. The quantitative estimate of drug-likeness (QED) is 0.765. The van der Waals surface area contributed by atoms with Crippen LogP contribution in [0.2, 0.25) is 0 Å². The van der Waals surface area contributed by atoms with Crippen LogP contribution in [0.5, 0.6) is 0 Å². The van der Waals surface area contributed by atoms with Gasteiger partial charge in [0, 0.05) is 12.6 Å². The van der Waals surface area contributed by atoms with Crippen molar-refractivity contribution in [3.05, 3.63) is 47.7 Å². The van der Waals surface area contributed by atoms with Crippen molar-refractivity contribution in [1.82, 2.24) is 15.1 Å². The molecule has 2 aromatic rings. The van der Waals surface area contributed by atoms with Gasteiger partial charge >= 0.3 is 6.03 Å². The average molecular weight is 302 g/mol. The number of aliphatic hydroxyl groups excluding tert-OH is 1. The Balaban J connectivity index is 1.97. The molecule has 0 aliphatic heterocycles. The van der Waals surface area contributed by atoms with E-state index in [2.05, 4.69) is 15.7 Å². The molecular weight excluding hydrogens is 280 g/mol. The molecule has 2 amide bonds. The number of aromatic nitrogens is 2. The van der Waals surface area contributed by atoms with Crippen molar-refractivity contribution in [1.29, 1.82) is 0 Å². The molecule has 0 aliphatic carbocycles. The van der Waals surface area contributed by atoms with Gasteiger partial charge in [0.1, 0.15) is 5.82 Å². The average Bonchev–Trinajstić information content (AvgIpc) is 2.79. The lowest BCUT2D eigenvalue weighted by molar-refractivity contribution is 0.184. The first-order valence-corrected chi connectivity index (χ1v) is 7.36. The summed E-state index contributed by atoms with van der Waals surface area (Å²) in [5, 5.41) is 19.1. The molecule has 3 N–H and O–H groups in total. The van der Waals surface area contributed by atoms with E-state index in [1.165, 1.54) is 0 Å². The Morgan fingerprint density at radius 1 is 1.36 bits per heavy atom. The normalized spacial score (nSPS) is 12.0. The summed E-state index contributed by atoms with van der Waals surface area (Å²) in [5.41, 5.74) is 1.96. The molecule has 0 saturated heterocycles. The number of nitrogens with zero attached hydrogens (tertiary/aromatic N) is 2. The fraction of sp³-hybridized carbons (Fsp3) is 0.375. The van der Waals surface area contributed by atoms with Crippen molar-refractivity contribution in [3.8, 4) is 0 Å². The molecule has 0 spiro atoms. The maximum Gasteiger partial charge on any atom is 0.320 e. The van der Waals surface area contributed by atoms with Crippen LogP contribution in [-0.4, -0.2) is 33.6 Å². The Morgan fingerprint density at radius 3 is 2.77 bits per heavy atom. The van der Waals surface area contributed by atoms with E-state index < -0.39 is 6.10 Å². The monoisotopic (exact) mass is 302 g/mol. The molecular formula is C16H22N4O2. The predicted octanol–water partition coefficient (Wildman–Crippen LogP) is 2.13. The van der Waals surface area contributed by atoms with Crippen molar-refractivity contribution in [2.75, 3.05) is 11.9 Å². The molecule has 1 aromatic heterocycles. The van der Waals surface area contributed by atoms with Crippen molar-refractivity contribution >= 4 is 11.8 Å². The second kappa shape index (κ2) is 7.61. The fourth-order valence-corrected chi connectivity index (χ4v) is 2.08. The highest BCUT2D eigenvalue weighted by Gasteiger charge is 2.09. The first-order chi connectivity index (χ1) is 10.5. The third-order valence-corrected chi connectivity index (χ3v) is 3.17. The standard InChI is InChI=1S/C16H22N4O2/c1-12-10-15(18-16(22)17-9-8-13(2)21)20(19-12)11-14-6-4-3-5-7-14/h3-7,10,13,21H,8-9,11H2,1-2H3,(H2,17,18,22). The molecule has 1 heterocycles. The van der Waals surface area contributed by atoms with Crippen LogP contribution in [0.15, 0.2) is 36.4 Å². The smallest absolute Gasteiger partial charge is 0.320 e. The van der Waals surface area contributed by atoms with Crippen LogP contribution >= 0.6 is 0 Å². The van der Waals surface area contributed by atoms with Crippen LogP contribution in [-0.2, 0) is 6.54 Å². The van der Waals surface area contributed by atoms with E-state index in [-0.39, 0.29) is 6.03 Å². The van der Waals surface area contributed by atoms with Crippen LogP contribution in [0.4, 0.5) is 10.6 Å². The van der Waals surface area contributed by atoms with Gasteiger partial charge in [-0.1, -0.05) is 30.3 Å². The lowest BCUT2D eigenvalue weighted by Crippen LogP contribution is -2.31. The van der Waals surface area contributed by atoms with Crippen LogP contribution in [0.25, 0.3) is 0 Å². The van der Waals surface area contributed by atoms with E-state index in [9.17, 15) is 9.90 Å². The Morgan fingerprint density at radius 2 is 2.09 bits per heavy atom. The summed E-state index contributed by atoms with van der Waals surface area (Å²) >= 11 is 0. The van der Waals surface area contributed by atoms with Gasteiger partial charge in [-0.3, -0.25) is 5.32 Å². The molecule has 6 nitrogen and oxygen atoms in total. The number of hydrogen-bond acceptors (Lipinski definition) is 3. The van der Waals surface area contributed by atoms with E-state index in [0.717, 1.165) is 11.3 Å². The molecule has 0 bridgehead atoms. The van der Waals surface area contributed by atoms with Gasteiger partial charge in [0.25, 0.3) is 0 Å². The molecule has 0 fully saturated rings. The van der Waals surface area contributed by atoms with Crippen molar-refractivity contribution in [3.63, 3.8) is 0 Å². The SMILES string of the molecule is Cc1cc(NC(=O)NCCC(C)O)n(Cc2ccccc2)n1. The number of anilines is 1. The second-order valence-corrected chi connectivity index (χ2v) is 5.33. The molecule has 1 atom stereocenters. The Bertz CT molecular complexity index is 608. The van der Waals surface area contributed by atoms with Gasteiger partial charge in [0.15, 0.2) is 0 Å². The van der Waals surface area contributed by atoms with Crippen molar-refractivity contribution < 1.29 is 9.90 Å². The molecule has 2 rings (SSSR count). The van der Waals surface area contributed by atoms with E-state index >= 15 is 0 Å². The van der Waals surface area contributed by atoms with Gasteiger partial charge < -0.3 is 10.4 Å². The number of nitrogens with one attached hydrogen (secondary N) is 2. The zero-order valence-corrected chi connectivity index (χ0v) is 12.9. The predicted molar refractivity (Wildman–Crippen MR) is 85.8 cm³/mol. The lowest BCUT2D eigenvalue weighted by atomic mass is 10.2. The van der Waals surface area contributed by atoms with Gasteiger partial charge in [-0.15, -0.1) is 0 Å². The van der Waals surface area contributed by atoms with Gasteiger partial charge in [0.2, 0.25) is 0 Å². The lowest BCUT2D eigenvalue weighted by Gasteiger charge is -2.10. The summed E-state index contributed by atoms with van der Waals surface area (Å²) in [7, 11) is 0. The summed E-state index contributed by atoms with van der Waals surface area (Å²) in [5.74, 6) is 0.649. The van der Waals surface area contributed by atoms with Gasteiger partial charge in [-0.25, -0.2) is 9.48 Å². The molecule has 1 aromatic carbocycles. The third kappa shape index (κ3) is 4.89. The molecule has 118 valence electrons. The van der Waals surface area contributed by atoms with Crippen molar-refractivity contribution in [2.45, 2.75) is 32.9 Å². The number of carbonyl (C=O) groups is 1. The number of hydrogen-bond donors (Lipinski definition) is 3. The minimum absolute atomic E-state index is 0.296. The summed E-state index contributed by atoms with van der Waals surface area (Å²) in [6.07, 6.45) is 0.0987. The second-order valence-electron chi connectivity index (χ2n) is 5.33. The maximum atomic E-state index is 11.9. The van der Waals surface area contributed by atoms with Crippen LogP contribution in [0, 0.1) is 6.92 Å². The summed E-state index contributed by atoms with van der Waals surface area (Å²) in [6.45, 7) is 4.60. The van der Waals surface area contributed by atoms with E-state index in [0.29, 0.717) is 25.3 Å². The van der Waals surface area contributed by atoms with E-state index in [1.54, 1.807) is 11.6 Å². The molecule has 22 heavy (non-hydrogen) atoms. The highest BCUT2D eigenvalue weighted by atomic mass is 16.3. The van der Waals surface area contributed by atoms with Crippen LogP contribution in [0.3, 0.4) is 0 Å². The molecule has 6 heteroatoms. The first-order valence-electron chi connectivity index (χ1n) is 7.36. The Kier molecular flexibility index (Phi) is 5.55. The molecule has 0 radical (unpaired) electrons. The number of urea groups is 1. The Hall–Kier alpha value is -2.34. The Labute approximate surface area is 130 Å². The number of amides is 2. The van der Waals surface area contributed by atoms with Crippen LogP contribution in [0.1, 0.15) is 24.6 Å². The van der Waals surface area contributed by atoms with Gasteiger partial charge in [-0.2, -0.15) is 5.10 Å². The number of rotatable bonds is 6. The van der Waals surface area contributed by atoms with Crippen LogP contribution < -0.4 is 10.6 Å². The number of aryl methyl sites for hydroxylation is 1.